The van der Waals surface area contributed by atoms with Crippen LogP contribution in [-0.2, 0) is 22.1 Å². The standard InChI is InChI=1S/C19H19F3O3/c1-2-25-18(24)17(23)12-5-13-3-6-14(7-4-13)15-8-10-16(11-9-15)19(20,21)22/h3-4,6-11,17,23H,2,5,12H2,1H3. The molecule has 1 unspecified atom stereocenters. The molecule has 0 radical (unpaired) electrons. The van der Waals surface area contributed by atoms with Crippen LogP contribution in [0.2, 0.25) is 0 Å². The Morgan fingerprint density at radius 2 is 1.56 bits per heavy atom. The normalized spacial score (nSPS) is 12.7. The van der Waals surface area contributed by atoms with Gasteiger partial charge in [-0.05, 0) is 48.6 Å². The zero-order valence-corrected chi connectivity index (χ0v) is 13.7. The molecule has 0 aliphatic carbocycles. The average molecular weight is 352 g/mol. The van der Waals surface area contributed by atoms with Crippen LogP contribution in [0, 0.1) is 0 Å². The van der Waals surface area contributed by atoms with Gasteiger partial charge in [0.1, 0.15) is 0 Å². The second-order valence-electron chi connectivity index (χ2n) is 5.58. The summed E-state index contributed by atoms with van der Waals surface area (Å²) < 4.78 is 42.5. The lowest BCUT2D eigenvalue weighted by Gasteiger charge is -2.10. The van der Waals surface area contributed by atoms with Crippen LogP contribution in [0.15, 0.2) is 48.5 Å². The second kappa shape index (κ2) is 8.16. The molecule has 0 fully saturated rings. The van der Waals surface area contributed by atoms with Crippen molar-refractivity contribution in [2.45, 2.75) is 32.0 Å². The second-order valence-corrected chi connectivity index (χ2v) is 5.58. The van der Waals surface area contributed by atoms with Gasteiger partial charge in [0, 0.05) is 0 Å². The predicted octanol–water partition coefficient (Wildman–Crippen LogP) is 4.23. The number of ether oxygens (including phenoxy) is 1. The first-order valence-corrected chi connectivity index (χ1v) is 7.92. The number of halogens is 3. The van der Waals surface area contributed by atoms with Crippen LogP contribution in [0.1, 0.15) is 24.5 Å². The summed E-state index contributed by atoms with van der Waals surface area (Å²) in [7, 11) is 0. The monoisotopic (exact) mass is 352 g/mol. The maximum Gasteiger partial charge on any atom is 0.416 e. The van der Waals surface area contributed by atoms with Gasteiger partial charge in [-0.2, -0.15) is 13.2 Å². The summed E-state index contributed by atoms with van der Waals surface area (Å²) in [6, 6.07) is 12.2. The summed E-state index contributed by atoms with van der Waals surface area (Å²) in [4.78, 5) is 11.3. The number of carbonyl (C=O) groups is 1. The Morgan fingerprint density at radius 1 is 1.04 bits per heavy atom. The van der Waals surface area contributed by atoms with Gasteiger partial charge in [-0.25, -0.2) is 4.79 Å². The highest BCUT2D eigenvalue weighted by molar-refractivity contribution is 5.74. The Labute approximate surface area is 144 Å². The molecule has 2 rings (SSSR count). The number of aliphatic hydroxyl groups is 1. The number of benzene rings is 2. The highest BCUT2D eigenvalue weighted by atomic mass is 19.4. The van der Waals surface area contributed by atoms with Crippen molar-refractivity contribution < 1.29 is 27.8 Å². The van der Waals surface area contributed by atoms with Crippen molar-refractivity contribution in [2.24, 2.45) is 0 Å². The molecule has 2 aromatic rings. The van der Waals surface area contributed by atoms with Crippen LogP contribution in [0.25, 0.3) is 11.1 Å². The Kier molecular flexibility index (Phi) is 6.20. The molecule has 134 valence electrons. The molecule has 25 heavy (non-hydrogen) atoms. The molecule has 1 atom stereocenters. The topological polar surface area (TPSA) is 46.5 Å². The Hall–Kier alpha value is -2.34. The molecule has 0 spiro atoms. The summed E-state index contributed by atoms with van der Waals surface area (Å²) in [6.07, 6.45) is -4.76. The summed E-state index contributed by atoms with van der Waals surface area (Å²) >= 11 is 0. The first kappa shape index (κ1) is 19.0. The maximum absolute atomic E-state index is 12.6. The first-order chi connectivity index (χ1) is 11.8. The maximum atomic E-state index is 12.6. The third-order valence-electron chi connectivity index (χ3n) is 3.76. The number of alkyl halides is 3. The third-order valence-corrected chi connectivity index (χ3v) is 3.76. The van der Waals surface area contributed by atoms with E-state index in [-0.39, 0.29) is 13.0 Å². The smallest absolute Gasteiger partial charge is 0.416 e. The zero-order chi connectivity index (χ0) is 18.4. The number of hydrogen-bond acceptors (Lipinski definition) is 3. The average Bonchev–Trinajstić information content (AvgIpc) is 2.59. The van der Waals surface area contributed by atoms with Gasteiger partial charge >= 0.3 is 12.1 Å². The molecular formula is C19H19F3O3. The molecule has 0 aliphatic heterocycles. The molecule has 6 heteroatoms. The minimum absolute atomic E-state index is 0.220. The summed E-state index contributed by atoms with van der Waals surface area (Å²) in [5.41, 5.74) is 1.72. The largest absolute Gasteiger partial charge is 0.464 e. The lowest BCUT2D eigenvalue weighted by Crippen LogP contribution is -2.23. The number of hydrogen-bond donors (Lipinski definition) is 1. The van der Waals surface area contributed by atoms with E-state index >= 15 is 0 Å². The van der Waals surface area contributed by atoms with E-state index in [1.807, 2.05) is 12.1 Å². The van der Waals surface area contributed by atoms with Crippen molar-refractivity contribution in [3.8, 4) is 11.1 Å². The molecule has 0 aliphatic rings. The minimum Gasteiger partial charge on any atom is -0.464 e. The van der Waals surface area contributed by atoms with Gasteiger partial charge in [0.25, 0.3) is 0 Å². The fourth-order valence-electron chi connectivity index (χ4n) is 2.38. The summed E-state index contributed by atoms with van der Waals surface area (Å²) in [6.45, 7) is 1.89. The highest BCUT2D eigenvalue weighted by Crippen LogP contribution is 2.31. The molecule has 3 nitrogen and oxygen atoms in total. The zero-order valence-electron chi connectivity index (χ0n) is 13.7. The molecule has 0 saturated carbocycles. The number of rotatable bonds is 6. The van der Waals surface area contributed by atoms with E-state index in [4.69, 9.17) is 4.74 Å². The number of aliphatic hydroxyl groups excluding tert-OH is 1. The molecule has 0 saturated heterocycles. The molecule has 0 heterocycles. The van der Waals surface area contributed by atoms with Gasteiger partial charge in [-0.15, -0.1) is 0 Å². The Morgan fingerprint density at radius 3 is 2.04 bits per heavy atom. The van der Waals surface area contributed by atoms with Crippen LogP contribution in [0.4, 0.5) is 13.2 Å². The van der Waals surface area contributed by atoms with Gasteiger partial charge in [0.2, 0.25) is 0 Å². The van der Waals surface area contributed by atoms with E-state index in [0.717, 1.165) is 23.3 Å². The van der Waals surface area contributed by atoms with Crippen LogP contribution in [0.3, 0.4) is 0 Å². The highest BCUT2D eigenvalue weighted by Gasteiger charge is 2.29. The lowest BCUT2D eigenvalue weighted by atomic mass is 10.00. The van der Waals surface area contributed by atoms with Crippen molar-refractivity contribution >= 4 is 5.97 Å². The summed E-state index contributed by atoms with van der Waals surface area (Å²) in [5, 5.41) is 9.67. The fourth-order valence-corrected chi connectivity index (χ4v) is 2.38. The molecule has 0 aromatic heterocycles. The quantitative estimate of drug-likeness (QED) is 0.792. The molecule has 0 amide bonds. The van der Waals surface area contributed by atoms with Gasteiger partial charge in [0.15, 0.2) is 6.10 Å². The van der Waals surface area contributed by atoms with Crippen molar-refractivity contribution in [3.63, 3.8) is 0 Å². The predicted molar refractivity (Wildman–Crippen MR) is 87.8 cm³/mol. The SMILES string of the molecule is CCOC(=O)C(O)CCc1ccc(-c2ccc(C(F)(F)F)cc2)cc1. The van der Waals surface area contributed by atoms with Crippen molar-refractivity contribution in [1.82, 2.24) is 0 Å². The Bertz CT molecular complexity index is 691. The van der Waals surface area contributed by atoms with E-state index in [1.165, 1.54) is 12.1 Å². The van der Waals surface area contributed by atoms with Crippen molar-refractivity contribution in [1.29, 1.82) is 0 Å². The third kappa shape index (κ3) is 5.32. The van der Waals surface area contributed by atoms with E-state index in [9.17, 15) is 23.1 Å². The molecular weight excluding hydrogens is 333 g/mol. The fraction of sp³-hybridized carbons (Fsp3) is 0.316. The lowest BCUT2D eigenvalue weighted by molar-refractivity contribution is -0.153. The Balaban J connectivity index is 1.99. The van der Waals surface area contributed by atoms with Gasteiger partial charge in [0.05, 0.1) is 12.2 Å². The van der Waals surface area contributed by atoms with Crippen molar-refractivity contribution in [3.05, 3.63) is 59.7 Å². The van der Waals surface area contributed by atoms with Gasteiger partial charge < -0.3 is 9.84 Å². The van der Waals surface area contributed by atoms with Gasteiger partial charge in [-0.1, -0.05) is 36.4 Å². The van der Waals surface area contributed by atoms with Gasteiger partial charge in [-0.3, -0.25) is 0 Å². The number of esters is 1. The van der Waals surface area contributed by atoms with E-state index in [2.05, 4.69) is 0 Å². The van der Waals surface area contributed by atoms with E-state index in [0.29, 0.717) is 12.0 Å². The van der Waals surface area contributed by atoms with Crippen LogP contribution < -0.4 is 0 Å². The molecule has 1 N–H and O–H groups in total. The van der Waals surface area contributed by atoms with E-state index in [1.54, 1.807) is 19.1 Å². The number of aryl methyl sites for hydroxylation is 1. The molecule has 2 aromatic carbocycles. The summed E-state index contributed by atoms with van der Waals surface area (Å²) in [5.74, 6) is -0.635. The van der Waals surface area contributed by atoms with Crippen LogP contribution in [0.5, 0.6) is 0 Å². The molecule has 0 bridgehead atoms. The van der Waals surface area contributed by atoms with Crippen LogP contribution in [-0.4, -0.2) is 23.8 Å². The van der Waals surface area contributed by atoms with Crippen LogP contribution >= 0.6 is 0 Å². The van der Waals surface area contributed by atoms with Crippen molar-refractivity contribution in [2.75, 3.05) is 6.61 Å². The number of carbonyl (C=O) groups excluding carboxylic acids is 1. The minimum atomic E-state index is -4.35. The van der Waals surface area contributed by atoms with E-state index < -0.39 is 23.8 Å². The first-order valence-electron chi connectivity index (χ1n) is 7.92.